The fourth-order valence-corrected chi connectivity index (χ4v) is 4.90. The number of anilines is 1. The van der Waals surface area contributed by atoms with E-state index >= 15 is 0 Å². The van der Waals surface area contributed by atoms with Gasteiger partial charge in [-0.15, -0.1) is 0 Å². The average Bonchev–Trinajstić information content (AvgIpc) is 3.23. The second kappa shape index (κ2) is 13.4. The van der Waals surface area contributed by atoms with Crippen molar-refractivity contribution < 1.29 is 28.7 Å². The molecule has 0 spiro atoms. The van der Waals surface area contributed by atoms with Crippen molar-refractivity contribution in [3.05, 3.63) is 28.2 Å². The van der Waals surface area contributed by atoms with Crippen molar-refractivity contribution in [1.29, 1.82) is 0 Å². The minimum atomic E-state index is -1.15. The van der Waals surface area contributed by atoms with Gasteiger partial charge in [0.25, 0.3) is 5.91 Å². The molecule has 0 bridgehead atoms. The first-order chi connectivity index (χ1) is 17.8. The van der Waals surface area contributed by atoms with Crippen molar-refractivity contribution >= 4 is 58.5 Å². The van der Waals surface area contributed by atoms with Crippen LogP contribution < -0.4 is 10.3 Å². The highest BCUT2D eigenvalue weighted by atomic mass is 35.5. The minimum Gasteiger partial charge on any atom is -0.469 e. The van der Waals surface area contributed by atoms with E-state index in [0.717, 1.165) is 17.9 Å². The summed E-state index contributed by atoms with van der Waals surface area (Å²) in [6.07, 6.45) is 2.15. The average molecular weight is 571 g/mol. The van der Waals surface area contributed by atoms with Gasteiger partial charge < -0.3 is 14.8 Å². The number of nitrogens with one attached hydrogen (secondary N) is 1. The van der Waals surface area contributed by atoms with Crippen LogP contribution in [-0.4, -0.2) is 43.3 Å². The molecule has 11 heteroatoms. The van der Waals surface area contributed by atoms with E-state index in [1.165, 1.54) is 13.2 Å². The van der Waals surface area contributed by atoms with E-state index in [1.54, 1.807) is 32.9 Å². The third-order valence-electron chi connectivity index (χ3n) is 6.86. The molecule has 1 aromatic carbocycles. The number of hydrogen-bond acceptors (Lipinski definition) is 7. The van der Waals surface area contributed by atoms with E-state index < -0.39 is 34.6 Å². The molecule has 1 aromatic rings. The van der Waals surface area contributed by atoms with E-state index in [0.29, 0.717) is 23.7 Å². The Morgan fingerprint density at radius 2 is 1.87 bits per heavy atom. The van der Waals surface area contributed by atoms with Gasteiger partial charge in [0, 0.05) is 10.4 Å². The fourth-order valence-electron chi connectivity index (χ4n) is 4.54. The Bertz CT molecular complexity index is 1090. The first-order valence-corrected chi connectivity index (χ1v) is 13.5. The smallest absolute Gasteiger partial charge is 0.311 e. The maximum absolute atomic E-state index is 13.5. The highest BCUT2D eigenvalue weighted by Crippen LogP contribution is 2.42. The predicted octanol–water partition coefficient (Wildman–Crippen LogP) is 5.52. The SMILES string of the molecule is CCCCOC(=O)C(C)CC(C)(CC(C)(CC)C(=O)NC1=NN(c2cc(Cl)ccc2Cl)C(=O)C1)C(=O)OC. The molecule has 210 valence electrons. The number of hydrogen-bond donors (Lipinski definition) is 1. The molecule has 2 amide bonds. The molecule has 0 aromatic heterocycles. The molecule has 1 heterocycles. The van der Waals surface area contributed by atoms with Crippen molar-refractivity contribution in [3.63, 3.8) is 0 Å². The highest BCUT2D eigenvalue weighted by Gasteiger charge is 2.46. The van der Waals surface area contributed by atoms with Gasteiger partial charge in [-0.25, -0.2) is 0 Å². The molecule has 1 aliphatic heterocycles. The molecule has 1 N–H and O–H groups in total. The number of esters is 2. The molecule has 0 saturated heterocycles. The molecule has 1 aliphatic rings. The van der Waals surface area contributed by atoms with Crippen molar-refractivity contribution in [2.45, 2.75) is 73.1 Å². The lowest BCUT2D eigenvalue weighted by Gasteiger charge is -2.37. The predicted molar refractivity (Wildman–Crippen MR) is 147 cm³/mol. The van der Waals surface area contributed by atoms with Crippen molar-refractivity contribution in [2.24, 2.45) is 21.8 Å². The summed E-state index contributed by atoms with van der Waals surface area (Å²) in [5, 5.41) is 8.79. The van der Waals surface area contributed by atoms with Crippen LogP contribution in [-0.2, 0) is 28.7 Å². The summed E-state index contributed by atoms with van der Waals surface area (Å²) in [6, 6.07) is 4.67. The summed E-state index contributed by atoms with van der Waals surface area (Å²) in [6.45, 7) is 9.28. The Morgan fingerprint density at radius 3 is 2.47 bits per heavy atom. The number of rotatable bonds is 12. The van der Waals surface area contributed by atoms with Gasteiger partial charge in [-0.05, 0) is 50.8 Å². The summed E-state index contributed by atoms with van der Waals surface area (Å²) in [5.74, 6) is -2.11. The summed E-state index contributed by atoms with van der Waals surface area (Å²) in [7, 11) is 1.28. The summed E-state index contributed by atoms with van der Waals surface area (Å²) < 4.78 is 10.4. The Labute approximate surface area is 234 Å². The third-order valence-corrected chi connectivity index (χ3v) is 7.41. The Morgan fingerprint density at radius 1 is 1.18 bits per heavy atom. The van der Waals surface area contributed by atoms with Crippen LogP contribution in [0.3, 0.4) is 0 Å². The van der Waals surface area contributed by atoms with Gasteiger partial charge in [0.1, 0.15) is 5.84 Å². The third kappa shape index (κ3) is 7.69. The zero-order chi connectivity index (χ0) is 28.7. The lowest BCUT2D eigenvalue weighted by molar-refractivity contribution is -0.159. The second-order valence-corrected chi connectivity index (χ2v) is 11.1. The highest BCUT2D eigenvalue weighted by molar-refractivity contribution is 6.36. The van der Waals surface area contributed by atoms with Gasteiger partial charge in [0.2, 0.25) is 5.91 Å². The molecule has 38 heavy (non-hydrogen) atoms. The molecular weight excluding hydrogens is 533 g/mol. The number of halogens is 2. The van der Waals surface area contributed by atoms with Gasteiger partial charge >= 0.3 is 11.9 Å². The van der Waals surface area contributed by atoms with Gasteiger partial charge in [-0.3, -0.25) is 19.2 Å². The van der Waals surface area contributed by atoms with Crippen molar-refractivity contribution in [2.75, 3.05) is 18.7 Å². The first-order valence-electron chi connectivity index (χ1n) is 12.7. The number of hydrazone groups is 1. The monoisotopic (exact) mass is 569 g/mol. The van der Waals surface area contributed by atoms with Crippen LogP contribution in [0.4, 0.5) is 5.69 Å². The Kier molecular flexibility index (Phi) is 11.2. The topological polar surface area (TPSA) is 114 Å². The summed E-state index contributed by atoms with van der Waals surface area (Å²) >= 11 is 12.3. The van der Waals surface area contributed by atoms with Crippen molar-refractivity contribution in [1.82, 2.24) is 5.32 Å². The summed E-state index contributed by atoms with van der Waals surface area (Å²) in [5.41, 5.74) is -1.88. The zero-order valence-electron chi connectivity index (χ0n) is 22.9. The van der Waals surface area contributed by atoms with Gasteiger partial charge in [0.05, 0.1) is 42.2 Å². The number of amides is 2. The molecule has 0 radical (unpaired) electrons. The van der Waals surface area contributed by atoms with E-state index in [9.17, 15) is 19.2 Å². The van der Waals surface area contributed by atoms with E-state index in [4.69, 9.17) is 32.7 Å². The number of methoxy groups -OCH3 is 1. The van der Waals surface area contributed by atoms with Crippen LogP contribution in [0.2, 0.25) is 10.0 Å². The fraction of sp³-hybridized carbons (Fsp3) is 0.593. The molecule has 3 atom stereocenters. The van der Waals surface area contributed by atoms with Crippen LogP contribution >= 0.6 is 23.2 Å². The maximum atomic E-state index is 13.5. The van der Waals surface area contributed by atoms with E-state index in [2.05, 4.69) is 10.4 Å². The van der Waals surface area contributed by atoms with E-state index in [1.807, 2.05) is 13.8 Å². The number of amidine groups is 1. The van der Waals surface area contributed by atoms with Crippen LogP contribution in [0.25, 0.3) is 0 Å². The molecule has 2 rings (SSSR count). The van der Waals surface area contributed by atoms with Crippen molar-refractivity contribution in [3.8, 4) is 0 Å². The normalized spacial score (nSPS) is 17.2. The van der Waals surface area contributed by atoms with E-state index in [-0.39, 0.29) is 36.0 Å². The number of unbranched alkanes of at least 4 members (excludes halogenated alkanes) is 1. The largest absolute Gasteiger partial charge is 0.469 e. The number of benzene rings is 1. The lowest BCUT2D eigenvalue weighted by Crippen LogP contribution is -2.46. The molecule has 0 fully saturated rings. The first kappa shape index (κ1) is 31.6. The Balaban J connectivity index is 2.22. The van der Waals surface area contributed by atoms with Crippen LogP contribution in [0.15, 0.2) is 23.3 Å². The van der Waals surface area contributed by atoms with Gasteiger partial charge in [-0.2, -0.15) is 10.1 Å². The molecule has 0 aliphatic carbocycles. The number of ether oxygens (including phenoxy) is 2. The van der Waals surface area contributed by atoms with Crippen LogP contribution in [0, 0.1) is 16.7 Å². The number of nitrogens with zero attached hydrogens (tertiary/aromatic N) is 2. The summed E-state index contributed by atoms with van der Waals surface area (Å²) in [4.78, 5) is 51.5. The number of carbonyl (C=O) groups is 4. The molecule has 0 saturated carbocycles. The molecule has 3 unspecified atom stereocenters. The van der Waals surface area contributed by atoms with Gasteiger partial charge in [0.15, 0.2) is 0 Å². The van der Waals surface area contributed by atoms with Crippen LogP contribution in [0.5, 0.6) is 0 Å². The Hall–Kier alpha value is -2.65. The lowest BCUT2D eigenvalue weighted by atomic mass is 9.67. The minimum absolute atomic E-state index is 0.104. The maximum Gasteiger partial charge on any atom is 0.311 e. The van der Waals surface area contributed by atoms with Crippen LogP contribution in [0.1, 0.15) is 73.1 Å². The molecular formula is C27H37Cl2N3O6. The quantitative estimate of drug-likeness (QED) is 0.262. The molecule has 9 nitrogen and oxygen atoms in total. The standard InChI is InChI=1S/C27H37Cl2N3O6/c1-7-9-12-38-23(34)17(3)15-27(5,25(36)37-6)16-26(4,8-2)24(35)30-21-14-22(33)32(31-21)20-13-18(28)10-11-19(20)29/h10-11,13,17H,7-9,12,14-16H2,1-6H3,(H,30,31,35). The zero-order valence-corrected chi connectivity index (χ0v) is 24.4. The second-order valence-electron chi connectivity index (χ2n) is 10.2. The number of carbonyl (C=O) groups excluding carboxylic acids is 4. The van der Waals surface area contributed by atoms with Gasteiger partial charge in [-0.1, -0.05) is 57.3 Å².